The van der Waals surface area contributed by atoms with Crippen LogP contribution in [-0.2, 0) is 0 Å². The Hall–Kier alpha value is -1.69. The molecule has 0 atom stereocenters. The molecule has 0 bridgehead atoms. The van der Waals surface area contributed by atoms with E-state index in [4.69, 9.17) is 5.11 Å². The molecule has 1 heterocycles. The number of aromatic nitrogens is 1. The van der Waals surface area contributed by atoms with Gasteiger partial charge in [0.25, 0.3) is 0 Å². The fraction of sp³-hybridized carbons (Fsp3) is 0.545. The molecule has 0 radical (unpaired) electrons. The van der Waals surface area contributed by atoms with Gasteiger partial charge in [0.15, 0.2) is 0 Å². The zero-order chi connectivity index (χ0) is 12.7. The highest BCUT2D eigenvalue weighted by molar-refractivity contribution is 5.55. The van der Waals surface area contributed by atoms with Crippen molar-refractivity contribution in [2.75, 3.05) is 18.5 Å². The van der Waals surface area contributed by atoms with E-state index >= 15 is 0 Å². The quantitative estimate of drug-likeness (QED) is 0.431. The maximum atomic E-state index is 10.8. The lowest BCUT2D eigenvalue weighted by Crippen LogP contribution is -2.07. The van der Waals surface area contributed by atoms with Crippen molar-refractivity contribution in [3.05, 3.63) is 27.9 Å². The fourth-order valence-corrected chi connectivity index (χ4v) is 1.45. The average molecular weight is 239 g/mol. The van der Waals surface area contributed by atoms with Crippen LogP contribution in [-0.4, -0.2) is 28.2 Å². The van der Waals surface area contributed by atoms with Crippen molar-refractivity contribution in [3.63, 3.8) is 0 Å². The number of hydrogen-bond donors (Lipinski definition) is 2. The molecular formula is C11H17N3O3. The summed E-state index contributed by atoms with van der Waals surface area (Å²) in [7, 11) is 0. The number of anilines is 1. The van der Waals surface area contributed by atoms with Crippen LogP contribution in [0.2, 0.25) is 0 Å². The van der Waals surface area contributed by atoms with Gasteiger partial charge in [-0.3, -0.25) is 10.1 Å². The van der Waals surface area contributed by atoms with E-state index in [-0.39, 0.29) is 12.3 Å². The highest BCUT2D eigenvalue weighted by Crippen LogP contribution is 2.21. The average Bonchev–Trinajstić information content (AvgIpc) is 2.28. The van der Waals surface area contributed by atoms with Crippen molar-refractivity contribution in [1.82, 2.24) is 4.98 Å². The van der Waals surface area contributed by atoms with Crippen molar-refractivity contribution in [2.45, 2.75) is 26.2 Å². The number of nitrogens with zero attached hydrogens (tertiary/aromatic N) is 2. The minimum Gasteiger partial charge on any atom is -0.396 e. The van der Waals surface area contributed by atoms with Gasteiger partial charge in [-0.25, -0.2) is 4.98 Å². The Bertz CT molecular complexity index is 382. The van der Waals surface area contributed by atoms with Crippen molar-refractivity contribution in [2.24, 2.45) is 0 Å². The molecule has 0 saturated heterocycles. The standard InChI is InChI=1S/C11H17N3O3/c1-9-5-6-10(14(16)17)11(13-9)12-7-3-2-4-8-15/h5-6,15H,2-4,7-8H2,1H3,(H,12,13). The van der Waals surface area contributed by atoms with Gasteiger partial charge in [0.1, 0.15) is 0 Å². The third-order valence-corrected chi connectivity index (χ3v) is 2.34. The molecule has 0 saturated carbocycles. The first-order chi connectivity index (χ1) is 8.15. The molecule has 0 unspecified atom stereocenters. The largest absolute Gasteiger partial charge is 0.396 e. The number of unbranched alkanes of at least 4 members (excludes halogenated alkanes) is 2. The third kappa shape index (κ3) is 4.36. The Morgan fingerprint density at radius 1 is 1.41 bits per heavy atom. The van der Waals surface area contributed by atoms with Crippen molar-refractivity contribution < 1.29 is 10.0 Å². The van der Waals surface area contributed by atoms with Crippen LogP contribution < -0.4 is 5.32 Å². The molecule has 1 aromatic rings. The van der Waals surface area contributed by atoms with E-state index in [0.717, 1.165) is 25.0 Å². The van der Waals surface area contributed by atoms with Gasteiger partial charge in [0.05, 0.1) is 4.92 Å². The zero-order valence-electron chi connectivity index (χ0n) is 9.85. The number of aliphatic hydroxyl groups excluding tert-OH is 1. The van der Waals surface area contributed by atoms with Gasteiger partial charge in [-0.2, -0.15) is 0 Å². The number of aryl methyl sites for hydroxylation is 1. The molecule has 0 aliphatic carbocycles. The lowest BCUT2D eigenvalue weighted by atomic mass is 10.2. The number of aliphatic hydroxyl groups is 1. The molecule has 94 valence electrons. The van der Waals surface area contributed by atoms with Gasteiger partial charge in [-0.1, -0.05) is 0 Å². The number of pyridine rings is 1. The van der Waals surface area contributed by atoms with E-state index in [1.165, 1.54) is 6.07 Å². The normalized spacial score (nSPS) is 10.2. The first kappa shape index (κ1) is 13.4. The number of rotatable bonds is 7. The Kier molecular flexibility index (Phi) is 5.35. The predicted molar refractivity (Wildman–Crippen MR) is 65.1 cm³/mol. The minimum atomic E-state index is -0.442. The van der Waals surface area contributed by atoms with Crippen molar-refractivity contribution in [3.8, 4) is 0 Å². The lowest BCUT2D eigenvalue weighted by Gasteiger charge is -2.06. The predicted octanol–water partition coefficient (Wildman–Crippen LogP) is 1.87. The topological polar surface area (TPSA) is 88.3 Å². The highest BCUT2D eigenvalue weighted by Gasteiger charge is 2.14. The zero-order valence-corrected chi connectivity index (χ0v) is 9.85. The van der Waals surface area contributed by atoms with Gasteiger partial charge < -0.3 is 10.4 Å². The van der Waals surface area contributed by atoms with Crippen LogP contribution in [0.4, 0.5) is 11.5 Å². The molecule has 6 nitrogen and oxygen atoms in total. The second-order valence-electron chi connectivity index (χ2n) is 3.79. The first-order valence-electron chi connectivity index (χ1n) is 5.62. The molecule has 17 heavy (non-hydrogen) atoms. The van der Waals surface area contributed by atoms with Gasteiger partial charge >= 0.3 is 5.69 Å². The van der Waals surface area contributed by atoms with E-state index in [9.17, 15) is 10.1 Å². The molecule has 0 aliphatic heterocycles. The van der Waals surface area contributed by atoms with Crippen LogP contribution in [0.3, 0.4) is 0 Å². The summed E-state index contributed by atoms with van der Waals surface area (Å²) in [6, 6.07) is 3.08. The van der Waals surface area contributed by atoms with E-state index in [1.54, 1.807) is 13.0 Å². The third-order valence-electron chi connectivity index (χ3n) is 2.34. The Labute approximate surface area is 99.8 Å². The molecule has 0 aromatic carbocycles. The van der Waals surface area contributed by atoms with Crippen molar-refractivity contribution in [1.29, 1.82) is 0 Å². The summed E-state index contributed by atoms with van der Waals surface area (Å²) in [6.07, 6.45) is 2.50. The van der Waals surface area contributed by atoms with Gasteiger partial charge in [-0.15, -0.1) is 0 Å². The molecule has 0 aliphatic rings. The maximum Gasteiger partial charge on any atom is 0.311 e. The Morgan fingerprint density at radius 3 is 2.82 bits per heavy atom. The summed E-state index contributed by atoms with van der Waals surface area (Å²) < 4.78 is 0. The molecule has 2 N–H and O–H groups in total. The second-order valence-corrected chi connectivity index (χ2v) is 3.79. The number of nitro groups is 1. The van der Waals surface area contributed by atoms with Gasteiger partial charge in [0, 0.05) is 24.9 Å². The van der Waals surface area contributed by atoms with Crippen molar-refractivity contribution >= 4 is 11.5 Å². The molecule has 1 rings (SSSR count). The van der Waals surface area contributed by atoms with Gasteiger partial charge in [-0.05, 0) is 32.3 Å². The van der Waals surface area contributed by atoms with Crippen LogP contribution in [0.5, 0.6) is 0 Å². The summed E-state index contributed by atoms with van der Waals surface area (Å²) >= 11 is 0. The van der Waals surface area contributed by atoms with Crippen LogP contribution in [0, 0.1) is 17.0 Å². The summed E-state index contributed by atoms with van der Waals surface area (Å²) in [6.45, 7) is 2.60. The first-order valence-corrected chi connectivity index (χ1v) is 5.62. The second kappa shape index (κ2) is 6.80. The Balaban J connectivity index is 2.56. The van der Waals surface area contributed by atoms with E-state index in [1.807, 2.05) is 0 Å². The summed E-state index contributed by atoms with van der Waals surface area (Å²) in [5, 5.41) is 22.3. The molecule has 1 aromatic heterocycles. The SMILES string of the molecule is Cc1ccc([N+](=O)[O-])c(NCCCCCO)n1. The molecule has 0 fully saturated rings. The summed E-state index contributed by atoms with van der Waals surface area (Å²) in [5.41, 5.74) is 0.742. The van der Waals surface area contributed by atoms with Crippen LogP contribution in [0.1, 0.15) is 25.0 Å². The smallest absolute Gasteiger partial charge is 0.311 e. The number of hydrogen-bond acceptors (Lipinski definition) is 5. The molecule has 0 spiro atoms. The van der Waals surface area contributed by atoms with Gasteiger partial charge in [0.2, 0.25) is 5.82 Å². The van der Waals surface area contributed by atoms with Crippen LogP contribution >= 0.6 is 0 Å². The lowest BCUT2D eigenvalue weighted by molar-refractivity contribution is -0.384. The fourth-order valence-electron chi connectivity index (χ4n) is 1.45. The van der Waals surface area contributed by atoms with Crippen LogP contribution in [0.15, 0.2) is 12.1 Å². The van der Waals surface area contributed by atoms with E-state index < -0.39 is 4.92 Å². The monoisotopic (exact) mass is 239 g/mol. The Morgan fingerprint density at radius 2 is 2.18 bits per heavy atom. The molecule has 0 amide bonds. The summed E-state index contributed by atoms with van der Waals surface area (Å²) in [5.74, 6) is 0.319. The maximum absolute atomic E-state index is 10.8. The molecule has 6 heteroatoms. The summed E-state index contributed by atoms with van der Waals surface area (Å²) in [4.78, 5) is 14.4. The minimum absolute atomic E-state index is 0.00208. The van der Waals surface area contributed by atoms with Crippen LogP contribution in [0.25, 0.3) is 0 Å². The molecular weight excluding hydrogens is 222 g/mol. The highest BCUT2D eigenvalue weighted by atomic mass is 16.6. The van der Waals surface area contributed by atoms with E-state index in [2.05, 4.69) is 10.3 Å². The van der Waals surface area contributed by atoms with E-state index in [0.29, 0.717) is 12.4 Å². The number of nitrogens with one attached hydrogen (secondary N) is 1.